The molecule has 2 aliphatic rings. The number of hydrogen-bond acceptors (Lipinski definition) is 2. The number of carbonyl (C=O) groups is 1. The van der Waals surface area contributed by atoms with Crippen LogP contribution in [0.25, 0.3) is 0 Å². The average Bonchev–Trinajstić information content (AvgIpc) is 2.94. The van der Waals surface area contributed by atoms with Crippen LogP contribution in [0.15, 0.2) is 16.7 Å². The Kier molecular flexibility index (Phi) is 3.14. The van der Waals surface area contributed by atoms with E-state index < -0.39 is 0 Å². The monoisotopic (exact) mass is 308 g/mol. The van der Waals surface area contributed by atoms with Crippen LogP contribution in [0.2, 0.25) is 0 Å². The zero-order valence-corrected chi connectivity index (χ0v) is 12.0. The van der Waals surface area contributed by atoms with Gasteiger partial charge in [-0.1, -0.05) is 6.42 Å². The standard InChI is InChI=1S/C14H17BrN2O/c1-8-12(4-5-13(15)16-8)17-14(18)11-7-9-2-3-10(11)6-9/h4-5,9-11H,2-3,6-7H2,1H3,(H,17,18). The van der Waals surface area contributed by atoms with Gasteiger partial charge in [-0.05, 0) is 66.1 Å². The van der Waals surface area contributed by atoms with Gasteiger partial charge in [-0.2, -0.15) is 0 Å². The largest absolute Gasteiger partial charge is 0.324 e. The van der Waals surface area contributed by atoms with Crippen molar-refractivity contribution in [3.8, 4) is 0 Å². The van der Waals surface area contributed by atoms with Crippen molar-refractivity contribution in [2.24, 2.45) is 17.8 Å². The number of carbonyl (C=O) groups excluding carboxylic acids is 1. The minimum Gasteiger partial charge on any atom is -0.324 e. The Morgan fingerprint density at radius 3 is 2.83 bits per heavy atom. The summed E-state index contributed by atoms with van der Waals surface area (Å²) in [5, 5.41) is 3.04. The number of hydrogen-bond donors (Lipinski definition) is 1. The fraction of sp³-hybridized carbons (Fsp3) is 0.571. The summed E-state index contributed by atoms with van der Waals surface area (Å²) in [6.45, 7) is 1.92. The maximum atomic E-state index is 12.3. The predicted octanol–water partition coefficient (Wildman–Crippen LogP) is 3.53. The normalized spacial score (nSPS) is 29.6. The first-order valence-electron chi connectivity index (χ1n) is 6.57. The summed E-state index contributed by atoms with van der Waals surface area (Å²) in [7, 11) is 0. The first-order chi connectivity index (χ1) is 8.63. The van der Waals surface area contributed by atoms with Crippen LogP contribution in [0, 0.1) is 24.7 Å². The number of nitrogens with zero attached hydrogens (tertiary/aromatic N) is 1. The number of fused-ring (bicyclic) bond motifs is 2. The highest BCUT2D eigenvalue weighted by Crippen LogP contribution is 2.48. The van der Waals surface area contributed by atoms with Gasteiger partial charge in [0, 0.05) is 5.92 Å². The Balaban J connectivity index is 1.71. The smallest absolute Gasteiger partial charge is 0.227 e. The average molecular weight is 309 g/mol. The summed E-state index contributed by atoms with van der Waals surface area (Å²) in [6, 6.07) is 3.78. The van der Waals surface area contributed by atoms with E-state index in [4.69, 9.17) is 0 Å². The van der Waals surface area contributed by atoms with Gasteiger partial charge in [-0.3, -0.25) is 4.79 Å². The second kappa shape index (κ2) is 4.65. The van der Waals surface area contributed by atoms with Crippen molar-refractivity contribution >= 4 is 27.5 Å². The summed E-state index contributed by atoms with van der Waals surface area (Å²) in [6.07, 6.45) is 4.91. The molecule has 2 fully saturated rings. The molecule has 3 unspecified atom stereocenters. The van der Waals surface area contributed by atoms with Crippen LogP contribution in [0.5, 0.6) is 0 Å². The van der Waals surface area contributed by atoms with Gasteiger partial charge in [0.15, 0.2) is 0 Å². The fourth-order valence-electron chi connectivity index (χ4n) is 3.45. The molecule has 2 saturated carbocycles. The fourth-order valence-corrected chi connectivity index (χ4v) is 3.85. The first-order valence-corrected chi connectivity index (χ1v) is 7.37. The number of nitrogens with one attached hydrogen (secondary N) is 1. The number of aryl methyl sites for hydroxylation is 1. The predicted molar refractivity (Wildman–Crippen MR) is 74.2 cm³/mol. The Labute approximate surface area is 116 Å². The highest BCUT2D eigenvalue weighted by Gasteiger charge is 2.43. The molecule has 1 N–H and O–H groups in total. The van der Waals surface area contributed by atoms with E-state index in [-0.39, 0.29) is 11.8 Å². The number of anilines is 1. The van der Waals surface area contributed by atoms with E-state index in [1.165, 1.54) is 19.3 Å². The number of halogens is 1. The lowest BCUT2D eigenvalue weighted by atomic mass is 9.88. The van der Waals surface area contributed by atoms with Gasteiger partial charge in [0.1, 0.15) is 4.60 Å². The van der Waals surface area contributed by atoms with Crippen LogP contribution in [0.1, 0.15) is 31.4 Å². The molecule has 0 radical (unpaired) electrons. The maximum Gasteiger partial charge on any atom is 0.227 e. The molecule has 2 bridgehead atoms. The molecule has 18 heavy (non-hydrogen) atoms. The Morgan fingerprint density at radius 2 is 2.22 bits per heavy atom. The molecular formula is C14H17BrN2O. The van der Waals surface area contributed by atoms with Crippen molar-refractivity contribution in [2.75, 3.05) is 5.32 Å². The summed E-state index contributed by atoms with van der Waals surface area (Å²) < 4.78 is 0.804. The van der Waals surface area contributed by atoms with Crippen molar-refractivity contribution in [1.82, 2.24) is 4.98 Å². The van der Waals surface area contributed by atoms with E-state index in [2.05, 4.69) is 26.2 Å². The van der Waals surface area contributed by atoms with Crippen molar-refractivity contribution in [1.29, 1.82) is 0 Å². The molecule has 2 aliphatic carbocycles. The van der Waals surface area contributed by atoms with Crippen molar-refractivity contribution in [3.05, 3.63) is 22.4 Å². The van der Waals surface area contributed by atoms with Gasteiger partial charge >= 0.3 is 0 Å². The summed E-state index contributed by atoms with van der Waals surface area (Å²) in [5.74, 6) is 1.84. The van der Waals surface area contributed by atoms with Crippen LogP contribution in [-0.4, -0.2) is 10.9 Å². The molecule has 1 aromatic rings. The van der Waals surface area contributed by atoms with Crippen molar-refractivity contribution in [3.63, 3.8) is 0 Å². The minimum absolute atomic E-state index is 0.189. The van der Waals surface area contributed by atoms with E-state index >= 15 is 0 Å². The zero-order chi connectivity index (χ0) is 12.7. The molecule has 3 atom stereocenters. The summed E-state index contributed by atoms with van der Waals surface area (Å²) in [4.78, 5) is 16.6. The lowest BCUT2D eigenvalue weighted by Crippen LogP contribution is -2.27. The van der Waals surface area contributed by atoms with E-state index in [0.717, 1.165) is 28.3 Å². The topological polar surface area (TPSA) is 42.0 Å². The number of pyridine rings is 1. The molecule has 0 spiro atoms. The van der Waals surface area contributed by atoms with Gasteiger partial charge in [-0.15, -0.1) is 0 Å². The molecule has 1 amide bonds. The third kappa shape index (κ3) is 2.18. The molecule has 4 heteroatoms. The van der Waals surface area contributed by atoms with Gasteiger partial charge in [0.05, 0.1) is 11.4 Å². The molecule has 0 aromatic carbocycles. The zero-order valence-electron chi connectivity index (χ0n) is 10.4. The highest BCUT2D eigenvalue weighted by atomic mass is 79.9. The second-order valence-corrected chi connectivity index (χ2v) is 6.35. The summed E-state index contributed by atoms with van der Waals surface area (Å²) >= 11 is 3.33. The number of rotatable bonds is 2. The van der Waals surface area contributed by atoms with Crippen molar-refractivity contribution in [2.45, 2.75) is 32.6 Å². The molecule has 1 aromatic heterocycles. The Hall–Kier alpha value is -0.900. The molecule has 96 valence electrons. The third-order valence-electron chi connectivity index (χ3n) is 4.38. The Bertz CT molecular complexity index is 489. The lowest BCUT2D eigenvalue weighted by Gasteiger charge is -2.21. The van der Waals surface area contributed by atoms with Gasteiger partial charge < -0.3 is 5.32 Å². The molecule has 3 rings (SSSR count). The maximum absolute atomic E-state index is 12.3. The van der Waals surface area contributed by atoms with Gasteiger partial charge in [-0.25, -0.2) is 4.98 Å². The molecule has 1 heterocycles. The quantitative estimate of drug-likeness (QED) is 0.849. The van der Waals surface area contributed by atoms with Crippen molar-refractivity contribution < 1.29 is 4.79 Å². The Morgan fingerprint density at radius 1 is 1.39 bits per heavy atom. The SMILES string of the molecule is Cc1nc(Br)ccc1NC(=O)C1CC2CCC1C2. The van der Waals surface area contributed by atoms with E-state index in [0.29, 0.717) is 5.92 Å². The number of amides is 1. The molecule has 0 saturated heterocycles. The first kappa shape index (κ1) is 12.2. The van der Waals surface area contributed by atoms with Gasteiger partial charge in [0.2, 0.25) is 5.91 Å². The third-order valence-corrected chi connectivity index (χ3v) is 4.83. The van der Waals surface area contributed by atoms with Crippen LogP contribution < -0.4 is 5.32 Å². The van der Waals surface area contributed by atoms with Crippen LogP contribution in [0.4, 0.5) is 5.69 Å². The molecular weight excluding hydrogens is 292 g/mol. The van der Waals surface area contributed by atoms with Crippen LogP contribution in [0.3, 0.4) is 0 Å². The van der Waals surface area contributed by atoms with Crippen LogP contribution in [-0.2, 0) is 4.79 Å². The minimum atomic E-state index is 0.189. The van der Waals surface area contributed by atoms with E-state index in [1.807, 2.05) is 19.1 Å². The second-order valence-electron chi connectivity index (χ2n) is 5.54. The number of aromatic nitrogens is 1. The lowest BCUT2D eigenvalue weighted by molar-refractivity contribution is -0.121. The molecule has 0 aliphatic heterocycles. The highest BCUT2D eigenvalue weighted by molar-refractivity contribution is 9.10. The van der Waals surface area contributed by atoms with Gasteiger partial charge in [0.25, 0.3) is 0 Å². The van der Waals surface area contributed by atoms with Crippen LogP contribution >= 0.6 is 15.9 Å². The molecule has 3 nitrogen and oxygen atoms in total. The summed E-state index contributed by atoms with van der Waals surface area (Å²) in [5.41, 5.74) is 1.70. The van der Waals surface area contributed by atoms with E-state index in [1.54, 1.807) is 0 Å². The van der Waals surface area contributed by atoms with E-state index in [9.17, 15) is 4.79 Å².